The number of carbonyl (C=O) groups is 4. The molecule has 0 saturated carbocycles. The molecule has 0 aromatic heterocycles. The highest BCUT2D eigenvalue weighted by Crippen LogP contribution is 2.14. The number of amides is 5. The molecular weight excluding hydrogens is 310 g/mol. The van der Waals surface area contributed by atoms with Gasteiger partial charge in [0, 0.05) is 13.1 Å². The maximum absolute atomic E-state index is 12.0. The largest absolute Gasteiger partial charge is 0.354 e. The molecule has 1 fully saturated rings. The van der Waals surface area contributed by atoms with Crippen molar-refractivity contribution < 1.29 is 19.2 Å². The van der Waals surface area contributed by atoms with Gasteiger partial charge in [-0.25, -0.2) is 9.69 Å². The summed E-state index contributed by atoms with van der Waals surface area (Å²) in [6.45, 7) is 3.88. The molecule has 0 bridgehead atoms. The Balaban J connectivity index is 1.89. The molecule has 1 aliphatic rings. The summed E-state index contributed by atoms with van der Waals surface area (Å²) in [7, 11) is 0. The first-order valence-electron chi connectivity index (χ1n) is 7.94. The van der Waals surface area contributed by atoms with E-state index in [0.717, 1.165) is 10.5 Å². The van der Waals surface area contributed by atoms with E-state index in [1.165, 1.54) is 0 Å². The quantitative estimate of drug-likeness (QED) is 0.599. The van der Waals surface area contributed by atoms with Gasteiger partial charge in [0.05, 0.1) is 0 Å². The number of hydrogen-bond acceptors (Lipinski definition) is 4. The second-order valence-corrected chi connectivity index (χ2v) is 5.75. The lowest BCUT2D eigenvalue weighted by Crippen LogP contribution is -2.42. The number of carbonyl (C=O) groups excluding carboxylic acids is 4. The number of hydrogen-bond donors (Lipinski definition) is 1. The van der Waals surface area contributed by atoms with Gasteiger partial charge < -0.3 is 5.32 Å². The lowest BCUT2D eigenvalue weighted by molar-refractivity contribution is -0.144. The minimum absolute atomic E-state index is 0.0957. The van der Waals surface area contributed by atoms with Gasteiger partial charge in [-0.3, -0.25) is 19.3 Å². The van der Waals surface area contributed by atoms with Gasteiger partial charge in [0.1, 0.15) is 6.54 Å². The number of nitrogens with one attached hydrogen (secondary N) is 1. The molecule has 0 aliphatic carbocycles. The molecule has 1 heterocycles. The van der Waals surface area contributed by atoms with Crippen LogP contribution in [-0.2, 0) is 14.4 Å². The van der Waals surface area contributed by atoms with Crippen LogP contribution in [0.2, 0.25) is 0 Å². The number of imide groups is 2. The van der Waals surface area contributed by atoms with Gasteiger partial charge in [0.15, 0.2) is 0 Å². The molecule has 7 nitrogen and oxygen atoms in total. The Hall–Kier alpha value is -2.70. The molecule has 1 atom stereocenters. The average molecular weight is 331 g/mol. The molecule has 7 heteroatoms. The predicted molar refractivity (Wildman–Crippen MR) is 87.0 cm³/mol. The van der Waals surface area contributed by atoms with Crippen LogP contribution in [0.4, 0.5) is 4.79 Å². The van der Waals surface area contributed by atoms with Crippen LogP contribution in [0.5, 0.6) is 0 Å². The standard InChI is InChI=1S/C17H21N3O4/c1-3-9-19-15(22)16(23)20(17(19)24)11-14(21)18-10-12(2)13-7-5-4-6-8-13/h4-8,12H,3,9-11H2,1-2H3,(H,18,21)/t12-/m0/s1. The van der Waals surface area contributed by atoms with Gasteiger partial charge in [0.2, 0.25) is 5.91 Å². The van der Waals surface area contributed by atoms with E-state index in [-0.39, 0.29) is 12.5 Å². The molecular formula is C17H21N3O4. The SMILES string of the molecule is CCCN1C(=O)C(=O)N(CC(=O)NC[C@H](C)c2ccccc2)C1=O. The summed E-state index contributed by atoms with van der Waals surface area (Å²) < 4.78 is 0. The van der Waals surface area contributed by atoms with E-state index in [4.69, 9.17) is 0 Å². The fraction of sp³-hybridized carbons (Fsp3) is 0.412. The topological polar surface area (TPSA) is 86.8 Å². The zero-order valence-electron chi connectivity index (χ0n) is 13.8. The lowest BCUT2D eigenvalue weighted by atomic mass is 10.0. The summed E-state index contributed by atoms with van der Waals surface area (Å²) in [6, 6.07) is 8.96. The van der Waals surface area contributed by atoms with Crippen molar-refractivity contribution in [3.05, 3.63) is 35.9 Å². The van der Waals surface area contributed by atoms with E-state index in [1.807, 2.05) is 37.3 Å². The third-order valence-electron chi connectivity index (χ3n) is 3.86. The molecule has 2 rings (SSSR count). The normalized spacial score (nSPS) is 15.8. The molecule has 24 heavy (non-hydrogen) atoms. The van der Waals surface area contributed by atoms with Crippen molar-refractivity contribution in [1.29, 1.82) is 0 Å². The van der Waals surface area contributed by atoms with Crippen LogP contribution < -0.4 is 5.32 Å². The molecule has 1 aromatic carbocycles. The second-order valence-electron chi connectivity index (χ2n) is 5.75. The van der Waals surface area contributed by atoms with Crippen molar-refractivity contribution >= 4 is 23.8 Å². The van der Waals surface area contributed by atoms with Crippen LogP contribution in [-0.4, -0.2) is 53.2 Å². The van der Waals surface area contributed by atoms with Gasteiger partial charge >= 0.3 is 17.8 Å². The van der Waals surface area contributed by atoms with Crippen LogP contribution in [0.1, 0.15) is 31.7 Å². The van der Waals surface area contributed by atoms with Crippen molar-refractivity contribution in [2.45, 2.75) is 26.2 Å². The van der Waals surface area contributed by atoms with E-state index in [1.54, 1.807) is 6.92 Å². The van der Waals surface area contributed by atoms with E-state index >= 15 is 0 Å². The fourth-order valence-electron chi connectivity index (χ4n) is 2.48. The molecule has 128 valence electrons. The Morgan fingerprint density at radius 3 is 2.33 bits per heavy atom. The zero-order chi connectivity index (χ0) is 17.7. The van der Waals surface area contributed by atoms with Crippen LogP contribution in [0.15, 0.2) is 30.3 Å². The first-order chi connectivity index (χ1) is 11.5. The maximum atomic E-state index is 12.0. The second kappa shape index (κ2) is 7.72. The number of benzene rings is 1. The monoisotopic (exact) mass is 331 g/mol. The van der Waals surface area contributed by atoms with E-state index in [9.17, 15) is 19.2 Å². The molecule has 1 aromatic rings. The lowest BCUT2D eigenvalue weighted by Gasteiger charge is -2.16. The van der Waals surface area contributed by atoms with Crippen molar-refractivity contribution in [3.63, 3.8) is 0 Å². The predicted octanol–water partition coefficient (Wildman–Crippen LogP) is 1.11. The molecule has 0 unspecified atom stereocenters. The van der Waals surface area contributed by atoms with E-state index in [2.05, 4.69) is 5.32 Å². The summed E-state index contributed by atoms with van der Waals surface area (Å²) in [5.41, 5.74) is 1.08. The smallest absolute Gasteiger partial charge is 0.334 e. The minimum Gasteiger partial charge on any atom is -0.354 e. The van der Waals surface area contributed by atoms with Gasteiger partial charge in [-0.1, -0.05) is 44.2 Å². The highest BCUT2D eigenvalue weighted by molar-refractivity contribution is 6.45. The Morgan fingerprint density at radius 2 is 1.71 bits per heavy atom. The molecule has 1 saturated heterocycles. The summed E-state index contributed by atoms with van der Waals surface area (Å²) in [6.07, 6.45) is 0.555. The maximum Gasteiger partial charge on any atom is 0.334 e. The van der Waals surface area contributed by atoms with Gasteiger partial charge in [-0.15, -0.1) is 0 Å². The number of rotatable bonds is 7. The zero-order valence-corrected chi connectivity index (χ0v) is 13.8. The van der Waals surface area contributed by atoms with Gasteiger partial charge in [-0.2, -0.15) is 0 Å². The van der Waals surface area contributed by atoms with Crippen LogP contribution in [0.3, 0.4) is 0 Å². The minimum atomic E-state index is -0.945. The van der Waals surface area contributed by atoms with Gasteiger partial charge in [-0.05, 0) is 17.9 Å². The first kappa shape index (κ1) is 17.7. The van der Waals surface area contributed by atoms with Crippen molar-refractivity contribution in [3.8, 4) is 0 Å². The Kier molecular flexibility index (Phi) is 5.68. The van der Waals surface area contributed by atoms with Crippen molar-refractivity contribution in [2.24, 2.45) is 0 Å². The van der Waals surface area contributed by atoms with Crippen molar-refractivity contribution in [2.75, 3.05) is 19.6 Å². The van der Waals surface area contributed by atoms with Crippen LogP contribution in [0, 0.1) is 0 Å². The molecule has 0 radical (unpaired) electrons. The summed E-state index contributed by atoms with van der Waals surface area (Å²) in [5, 5.41) is 2.70. The Bertz CT molecular complexity index is 644. The fourth-order valence-corrected chi connectivity index (χ4v) is 2.48. The number of urea groups is 1. The molecule has 5 amide bonds. The van der Waals surface area contributed by atoms with E-state index < -0.39 is 30.3 Å². The van der Waals surface area contributed by atoms with Crippen LogP contribution >= 0.6 is 0 Å². The highest BCUT2D eigenvalue weighted by atomic mass is 16.2. The third-order valence-corrected chi connectivity index (χ3v) is 3.86. The molecule has 1 N–H and O–H groups in total. The molecule has 1 aliphatic heterocycles. The Morgan fingerprint density at radius 1 is 1.08 bits per heavy atom. The third kappa shape index (κ3) is 3.79. The van der Waals surface area contributed by atoms with Gasteiger partial charge in [0.25, 0.3) is 0 Å². The average Bonchev–Trinajstić information content (AvgIpc) is 2.79. The number of nitrogens with zero attached hydrogens (tertiary/aromatic N) is 2. The first-order valence-corrected chi connectivity index (χ1v) is 7.94. The summed E-state index contributed by atoms with van der Waals surface area (Å²) >= 11 is 0. The van der Waals surface area contributed by atoms with Crippen molar-refractivity contribution in [1.82, 2.24) is 15.1 Å². The highest BCUT2D eigenvalue weighted by Gasteiger charge is 2.44. The summed E-state index contributed by atoms with van der Waals surface area (Å²) in [4.78, 5) is 49.2. The Labute approximate surface area is 140 Å². The van der Waals surface area contributed by atoms with Crippen LogP contribution in [0.25, 0.3) is 0 Å². The summed E-state index contributed by atoms with van der Waals surface area (Å²) in [5.74, 6) is -2.18. The molecule has 0 spiro atoms. The van der Waals surface area contributed by atoms with E-state index in [0.29, 0.717) is 17.9 Å².